The maximum absolute atomic E-state index is 13.7. The van der Waals surface area contributed by atoms with Crippen molar-refractivity contribution >= 4 is 22.1 Å². The van der Waals surface area contributed by atoms with Crippen molar-refractivity contribution in [1.29, 1.82) is 0 Å². The van der Waals surface area contributed by atoms with E-state index in [0.29, 0.717) is 5.75 Å². The zero-order chi connectivity index (χ0) is 29.7. The maximum atomic E-state index is 13.7. The lowest BCUT2D eigenvalue weighted by Crippen LogP contribution is -2.51. The van der Waals surface area contributed by atoms with Crippen LogP contribution < -0.4 is 10.1 Å². The Balaban J connectivity index is 2.32. The van der Waals surface area contributed by atoms with Crippen LogP contribution in [0, 0.1) is 5.92 Å². The van der Waals surface area contributed by atoms with Crippen molar-refractivity contribution in [3.05, 3.63) is 60.2 Å². The Morgan fingerprint density at radius 1 is 0.975 bits per heavy atom. The van der Waals surface area contributed by atoms with Crippen molar-refractivity contribution in [1.82, 2.24) is 9.62 Å². The van der Waals surface area contributed by atoms with Crippen LogP contribution in [0.15, 0.2) is 59.5 Å². The SMILES string of the molecule is CCC(CC)CN(C[C@@H](O)C(Cc1ccccc1)NC(=O)O[C@@H](C)CC(=O)OC)S(=O)(=O)c1ccc(OC)cc1. The molecule has 0 saturated carbocycles. The summed E-state index contributed by atoms with van der Waals surface area (Å²) in [5.41, 5.74) is 0.832. The third kappa shape index (κ3) is 10.1. The summed E-state index contributed by atoms with van der Waals surface area (Å²) in [6, 6.07) is 14.4. The van der Waals surface area contributed by atoms with Gasteiger partial charge in [-0.2, -0.15) is 4.31 Å². The minimum atomic E-state index is -3.98. The monoisotopic (exact) mass is 578 g/mol. The van der Waals surface area contributed by atoms with E-state index in [4.69, 9.17) is 9.47 Å². The number of carbonyl (C=O) groups excluding carboxylic acids is 2. The number of amides is 1. The van der Waals surface area contributed by atoms with Gasteiger partial charge in [-0.15, -0.1) is 0 Å². The zero-order valence-electron chi connectivity index (χ0n) is 23.9. The number of alkyl carbamates (subject to hydrolysis) is 1. The van der Waals surface area contributed by atoms with E-state index in [-0.39, 0.29) is 36.7 Å². The lowest BCUT2D eigenvalue weighted by molar-refractivity contribution is -0.142. The summed E-state index contributed by atoms with van der Waals surface area (Å²) in [6.45, 7) is 5.50. The summed E-state index contributed by atoms with van der Waals surface area (Å²) in [5.74, 6) is 0.0736. The fraction of sp³-hybridized carbons (Fsp3) is 0.517. The fourth-order valence-corrected chi connectivity index (χ4v) is 5.75. The Morgan fingerprint density at radius 2 is 1.60 bits per heavy atom. The van der Waals surface area contributed by atoms with E-state index in [1.54, 1.807) is 19.1 Å². The Kier molecular flexibility index (Phi) is 13.4. The lowest BCUT2D eigenvalue weighted by Gasteiger charge is -2.31. The molecule has 1 amide bonds. The average molecular weight is 579 g/mol. The van der Waals surface area contributed by atoms with Gasteiger partial charge in [-0.3, -0.25) is 4.79 Å². The Labute approximate surface area is 237 Å². The van der Waals surface area contributed by atoms with E-state index in [2.05, 4.69) is 10.1 Å². The first-order valence-electron chi connectivity index (χ1n) is 13.4. The van der Waals surface area contributed by atoms with Crippen molar-refractivity contribution in [2.75, 3.05) is 27.3 Å². The average Bonchev–Trinajstić information content (AvgIpc) is 2.94. The Hall–Kier alpha value is -3.15. The molecule has 2 aromatic carbocycles. The molecule has 0 aliphatic carbocycles. The summed E-state index contributed by atoms with van der Waals surface area (Å²) < 4.78 is 43.8. The van der Waals surface area contributed by atoms with Gasteiger partial charge in [0, 0.05) is 13.1 Å². The summed E-state index contributed by atoms with van der Waals surface area (Å²) in [5, 5.41) is 14.1. The lowest BCUT2D eigenvalue weighted by atomic mass is 10.0. The second-order valence-corrected chi connectivity index (χ2v) is 11.6. The quantitative estimate of drug-likeness (QED) is 0.288. The van der Waals surface area contributed by atoms with Gasteiger partial charge in [0.25, 0.3) is 0 Å². The third-order valence-corrected chi connectivity index (χ3v) is 8.61. The number of nitrogens with zero attached hydrogens (tertiary/aromatic N) is 1. The molecule has 2 aromatic rings. The fourth-order valence-electron chi connectivity index (χ4n) is 4.22. The van der Waals surface area contributed by atoms with Crippen LogP contribution in [0.3, 0.4) is 0 Å². The van der Waals surface area contributed by atoms with E-state index in [1.165, 1.54) is 30.7 Å². The summed E-state index contributed by atoms with van der Waals surface area (Å²) in [7, 11) is -1.24. The number of aliphatic hydroxyl groups excluding tert-OH is 1. The van der Waals surface area contributed by atoms with Crippen molar-refractivity contribution in [2.24, 2.45) is 5.92 Å². The van der Waals surface area contributed by atoms with Gasteiger partial charge in [0.1, 0.15) is 11.9 Å². The molecule has 0 aliphatic heterocycles. The minimum absolute atomic E-state index is 0.0740. The molecule has 0 aromatic heterocycles. The predicted octanol–water partition coefficient (Wildman–Crippen LogP) is 3.77. The highest BCUT2D eigenvalue weighted by atomic mass is 32.2. The number of benzene rings is 2. The van der Waals surface area contributed by atoms with E-state index in [9.17, 15) is 23.1 Å². The van der Waals surface area contributed by atoms with Gasteiger partial charge in [0.15, 0.2) is 0 Å². The molecule has 2 N–H and O–H groups in total. The normalized spacial score (nSPS) is 13.9. The highest BCUT2D eigenvalue weighted by molar-refractivity contribution is 7.89. The molecule has 0 bridgehead atoms. The number of esters is 1. The number of aliphatic hydroxyl groups is 1. The van der Waals surface area contributed by atoms with Gasteiger partial charge in [0.05, 0.1) is 37.7 Å². The largest absolute Gasteiger partial charge is 0.497 e. The van der Waals surface area contributed by atoms with E-state index in [0.717, 1.165) is 18.4 Å². The Morgan fingerprint density at radius 3 is 2.15 bits per heavy atom. The molecule has 0 heterocycles. The molecule has 40 heavy (non-hydrogen) atoms. The number of nitrogens with one attached hydrogen (secondary N) is 1. The highest BCUT2D eigenvalue weighted by Gasteiger charge is 2.32. The smallest absolute Gasteiger partial charge is 0.407 e. The first-order valence-corrected chi connectivity index (χ1v) is 14.9. The summed E-state index contributed by atoms with van der Waals surface area (Å²) >= 11 is 0. The molecule has 0 fully saturated rings. The summed E-state index contributed by atoms with van der Waals surface area (Å²) in [4.78, 5) is 24.3. The maximum Gasteiger partial charge on any atom is 0.407 e. The molecule has 0 saturated heterocycles. The Bertz CT molecular complexity index is 1150. The number of hydrogen-bond acceptors (Lipinski definition) is 8. The minimum Gasteiger partial charge on any atom is -0.497 e. The van der Waals surface area contributed by atoms with Crippen molar-refractivity contribution in [2.45, 2.75) is 69.6 Å². The van der Waals surface area contributed by atoms with Crippen LogP contribution in [0.5, 0.6) is 5.75 Å². The van der Waals surface area contributed by atoms with Crippen LogP contribution in [0.25, 0.3) is 0 Å². The van der Waals surface area contributed by atoms with E-state index >= 15 is 0 Å². The van der Waals surface area contributed by atoms with Gasteiger partial charge >= 0.3 is 12.1 Å². The molecular weight excluding hydrogens is 536 g/mol. The molecule has 222 valence electrons. The van der Waals surface area contributed by atoms with Crippen LogP contribution >= 0.6 is 0 Å². The van der Waals surface area contributed by atoms with Gasteiger partial charge in [-0.05, 0) is 49.1 Å². The molecule has 0 radical (unpaired) electrons. The first-order chi connectivity index (χ1) is 19.0. The first kappa shape index (κ1) is 33.1. The number of rotatable bonds is 16. The van der Waals surface area contributed by atoms with Gasteiger partial charge in [-0.25, -0.2) is 13.2 Å². The number of carbonyl (C=O) groups is 2. The molecule has 3 atom stereocenters. The van der Waals surface area contributed by atoms with Gasteiger partial charge in [0.2, 0.25) is 10.0 Å². The summed E-state index contributed by atoms with van der Waals surface area (Å²) in [6.07, 6.45) is -1.24. The second-order valence-electron chi connectivity index (χ2n) is 9.68. The second kappa shape index (κ2) is 16.2. The predicted molar refractivity (Wildman–Crippen MR) is 151 cm³/mol. The van der Waals surface area contributed by atoms with Crippen molar-refractivity contribution < 1.29 is 37.3 Å². The molecule has 1 unspecified atom stereocenters. The zero-order valence-corrected chi connectivity index (χ0v) is 24.7. The molecular formula is C29H42N2O8S. The molecule has 11 heteroatoms. The van der Waals surface area contributed by atoms with Gasteiger partial charge < -0.3 is 24.6 Å². The third-order valence-electron chi connectivity index (χ3n) is 6.76. The number of sulfonamides is 1. The molecule has 0 spiro atoms. The van der Waals surface area contributed by atoms with Crippen molar-refractivity contribution in [3.8, 4) is 5.75 Å². The molecule has 2 rings (SSSR count). The van der Waals surface area contributed by atoms with E-state index < -0.39 is 40.3 Å². The van der Waals surface area contributed by atoms with Crippen molar-refractivity contribution in [3.63, 3.8) is 0 Å². The van der Waals surface area contributed by atoms with E-state index in [1.807, 2.05) is 44.2 Å². The number of ether oxygens (including phenoxy) is 3. The number of methoxy groups -OCH3 is 2. The molecule has 10 nitrogen and oxygen atoms in total. The van der Waals surface area contributed by atoms with Crippen LogP contribution in [-0.4, -0.2) is 75.5 Å². The van der Waals surface area contributed by atoms with Crippen LogP contribution in [0.2, 0.25) is 0 Å². The van der Waals surface area contributed by atoms with Crippen LogP contribution in [0.1, 0.15) is 45.6 Å². The molecule has 0 aliphatic rings. The van der Waals surface area contributed by atoms with Crippen LogP contribution in [-0.2, 0) is 30.7 Å². The van der Waals surface area contributed by atoms with Crippen LogP contribution in [0.4, 0.5) is 4.79 Å². The topological polar surface area (TPSA) is 131 Å². The number of hydrogen-bond donors (Lipinski definition) is 2. The highest BCUT2D eigenvalue weighted by Crippen LogP contribution is 2.23. The standard InChI is InChI=1S/C29H42N2O8S/c1-6-22(7-2)19-31(40(35,36)25-15-13-24(37-4)14-16-25)20-27(32)26(18-23-11-9-8-10-12-23)30-29(34)39-21(3)17-28(33)38-5/h8-16,21-22,26-27,32H,6-7,17-20H2,1-5H3,(H,30,34)/t21-,26?,27+/m0/s1. The van der Waals surface area contributed by atoms with Gasteiger partial charge in [-0.1, -0.05) is 57.0 Å².